The van der Waals surface area contributed by atoms with Crippen LogP contribution in [0.4, 0.5) is 24.0 Å². The highest BCUT2D eigenvalue weighted by Crippen LogP contribution is 2.37. The summed E-state index contributed by atoms with van der Waals surface area (Å²) in [7, 11) is 5.17. The monoisotopic (exact) mass is 1610 g/mol. The highest BCUT2D eigenvalue weighted by atomic mass is 33.1. The third-order valence-corrected chi connectivity index (χ3v) is 22.5. The van der Waals surface area contributed by atoms with Gasteiger partial charge in [-0.15, -0.1) is 11.8 Å². The first kappa shape index (κ1) is 93.6. The predicted molar refractivity (Wildman–Crippen MR) is 405 cm³/mol. The number of amides is 6. The highest BCUT2D eigenvalue weighted by Gasteiger charge is 2.55. The SMILES string of the molecule is CCC[C@@H]1C[C@@H](C(=O)NC([C@H]2O[C@H](SC)[C@H](O)[C@@H](O)[C@H]2O)[C@@H](C)SCCOCCSSCCOCCSC[C@H]2O[C@@H](O[C@@H]3[C@@H](O)[C@H](O[C@H]4O[C@H](CNC(=O)OC(C)(C)C)[C@@H](O)C[C@H]4NC(=O)OC(C)(C)C)[C@@H](NC(=O)OC(C)(C)C)C[C@H]3NC(=O)OC(C)(C)C)[C@H](O)[C@@H](NC(=O)OC(C)(C)C)[C@@H]2O)N(C)C1. The van der Waals surface area contributed by atoms with Crippen molar-refractivity contribution in [2.24, 2.45) is 5.92 Å². The normalized spacial score (nSPS) is 31.8. The van der Waals surface area contributed by atoms with Gasteiger partial charge in [-0.25, -0.2) is 24.0 Å². The van der Waals surface area contributed by atoms with E-state index in [2.05, 4.69) is 43.7 Å². The number of likely N-dealkylation sites (tertiary alicyclic amines) is 1. The van der Waals surface area contributed by atoms with Crippen molar-refractivity contribution in [2.75, 3.05) is 81.6 Å². The molecule has 0 spiro atoms. The molecule has 1 aliphatic carbocycles. The van der Waals surface area contributed by atoms with E-state index in [1.807, 2.05) is 14.0 Å². The number of thioether (sulfide) groups is 3. The van der Waals surface area contributed by atoms with E-state index < -0.39 is 180 Å². The maximum atomic E-state index is 13.8. The molecule has 5 rings (SSSR count). The van der Waals surface area contributed by atoms with Crippen LogP contribution in [0.15, 0.2) is 0 Å². The van der Waals surface area contributed by atoms with Gasteiger partial charge in [-0.2, -0.15) is 23.5 Å². The standard InChI is InChI=1S/C69H125N7O25S5/c1-20-21-37-30-41(76(18)34-37)56(84)74-45(55-50(81)49(80)51(82)59(96-55)102-19)36(2)104-27-23-91-25-29-106-105-28-24-90-22-26-103-35-44-47(78)46(75-64(89)101-69(15,16)17)48(79)58(93-44)95-54-39(72-62(87)99-67(9,10)11)31-38(71-61(86)98-66(6,7)8)53(52(54)83)94-57-40(73-63(88)100-68(12,13)14)32-42(77)43(92-57)33-70-60(85)97-65(3,4)5/h36-55,57-59,77-83H,20-35H2,1-19H3,(H,70,85)(H,71,86)(H,72,87)(H,73,88)(H,74,84)(H,75,89)/t36-,37-,38+,39-,40-,41+,42+,43-,44-,45?,46+,47-,48-,49+,50-,51-,52+,53-,54+,55-,57-,58+,59-/m1/s1. The summed E-state index contributed by atoms with van der Waals surface area (Å²) in [5.74, 6) is 2.62. The van der Waals surface area contributed by atoms with Crippen LogP contribution in [-0.2, 0) is 61.6 Å². The van der Waals surface area contributed by atoms with E-state index in [0.717, 1.165) is 25.8 Å². The van der Waals surface area contributed by atoms with Gasteiger partial charge in [0, 0.05) is 53.5 Å². The Morgan fingerprint density at radius 3 is 1.54 bits per heavy atom. The van der Waals surface area contributed by atoms with Gasteiger partial charge in [0.2, 0.25) is 5.91 Å². The Morgan fingerprint density at radius 1 is 0.538 bits per heavy atom. The van der Waals surface area contributed by atoms with E-state index in [1.54, 1.807) is 143 Å². The molecule has 0 aromatic carbocycles. The van der Waals surface area contributed by atoms with Crippen LogP contribution in [0, 0.1) is 5.92 Å². The summed E-state index contributed by atoms with van der Waals surface area (Å²) >= 11 is 4.10. The number of rotatable bonds is 33. The van der Waals surface area contributed by atoms with Crippen LogP contribution in [0.5, 0.6) is 0 Å². The molecule has 13 N–H and O–H groups in total. The first-order chi connectivity index (χ1) is 49.3. The van der Waals surface area contributed by atoms with Crippen molar-refractivity contribution in [1.29, 1.82) is 0 Å². The number of carbonyl (C=O) groups is 6. The van der Waals surface area contributed by atoms with Crippen molar-refractivity contribution >= 4 is 93.2 Å². The third kappa shape index (κ3) is 31.9. The average Bonchev–Trinajstić information content (AvgIpc) is 0.894. The van der Waals surface area contributed by atoms with Gasteiger partial charge >= 0.3 is 30.5 Å². The maximum absolute atomic E-state index is 13.8. The minimum absolute atomic E-state index is 0.0493. The summed E-state index contributed by atoms with van der Waals surface area (Å²) in [6.07, 6.45) is -21.9. The summed E-state index contributed by atoms with van der Waals surface area (Å²) in [6, 6.07) is -6.45. The van der Waals surface area contributed by atoms with Gasteiger partial charge in [0.15, 0.2) is 12.6 Å². The van der Waals surface area contributed by atoms with Gasteiger partial charge in [0.1, 0.15) is 94.5 Å². The summed E-state index contributed by atoms with van der Waals surface area (Å²) < 4.78 is 71.9. The van der Waals surface area contributed by atoms with Crippen LogP contribution in [0.3, 0.4) is 0 Å². The first-order valence-corrected chi connectivity index (χ1v) is 42.4. The number of nitrogens with zero attached hydrogens (tertiary/aromatic N) is 1. The van der Waals surface area contributed by atoms with Gasteiger partial charge in [-0.3, -0.25) is 9.69 Å². The Morgan fingerprint density at radius 2 is 1.02 bits per heavy atom. The summed E-state index contributed by atoms with van der Waals surface area (Å²) in [6.45, 7) is 30.7. The minimum Gasteiger partial charge on any atom is -0.444 e. The van der Waals surface area contributed by atoms with E-state index in [0.29, 0.717) is 55.4 Å². The number of likely N-dealkylation sites (N-methyl/N-ethyl adjacent to an activating group) is 1. The molecule has 4 aliphatic heterocycles. The smallest absolute Gasteiger partial charge is 0.408 e. The lowest BCUT2D eigenvalue weighted by Crippen LogP contribution is -2.70. The zero-order valence-electron chi connectivity index (χ0n) is 65.1. The number of aliphatic hydroxyl groups is 7. The zero-order chi connectivity index (χ0) is 79.4. The highest BCUT2D eigenvalue weighted by molar-refractivity contribution is 8.76. The molecule has 4 saturated heterocycles. The fourth-order valence-electron chi connectivity index (χ4n) is 12.5. The topological polar surface area (TPSA) is 430 Å². The molecule has 0 aromatic heterocycles. The number of ether oxygens (including phenoxy) is 12. The van der Waals surface area contributed by atoms with Crippen molar-refractivity contribution in [1.82, 2.24) is 36.8 Å². The lowest BCUT2D eigenvalue weighted by Gasteiger charge is -2.49. The van der Waals surface area contributed by atoms with Crippen molar-refractivity contribution in [3.8, 4) is 0 Å². The predicted octanol–water partition coefficient (Wildman–Crippen LogP) is 4.59. The van der Waals surface area contributed by atoms with E-state index in [1.165, 1.54) is 23.5 Å². The molecule has 0 radical (unpaired) electrons. The Kier molecular flexibility index (Phi) is 37.7. The molecule has 106 heavy (non-hydrogen) atoms. The Labute approximate surface area is 645 Å². The second kappa shape index (κ2) is 42.7. The summed E-state index contributed by atoms with van der Waals surface area (Å²) in [5.41, 5.74) is -5.77. The van der Waals surface area contributed by atoms with Crippen LogP contribution in [-0.4, -0.2) is 319 Å². The molecular weight excluding hydrogens is 1490 g/mol. The molecule has 1 saturated carbocycles. The number of hydrogen-bond donors (Lipinski definition) is 13. The second-order valence-electron chi connectivity index (χ2n) is 32.2. The average molecular weight is 1610 g/mol. The molecule has 0 aromatic rings. The van der Waals surface area contributed by atoms with Gasteiger partial charge in [-0.05, 0) is 142 Å². The number of aliphatic hydroxyl groups excluding tert-OH is 7. The van der Waals surface area contributed by atoms with Gasteiger partial charge < -0.3 is 124 Å². The van der Waals surface area contributed by atoms with E-state index >= 15 is 0 Å². The number of carbonyl (C=O) groups excluding carboxylic acids is 6. The molecule has 23 atom stereocenters. The Bertz CT molecular complexity index is 2710. The second-order valence-corrected chi connectivity index (χ2v) is 38.5. The first-order valence-electron chi connectivity index (χ1n) is 36.4. The molecule has 5 aliphatic rings. The minimum atomic E-state index is -1.97. The van der Waals surface area contributed by atoms with E-state index in [9.17, 15) is 64.5 Å². The molecule has 32 nitrogen and oxygen atoms in total. The molecule has 616 valence electrons. The molecule has 5 fully saturated rings. The molecule has 1 unspecified atom stereocenters. The fourth-order valence-corrected chi connectivity index (χ4v) is 16.8. The Balaban J connectivity index is 1.25. The van der Waals surface area contributed by atoms with Crippen molar-refractivity contribution in [2.45, 2.75) is 311 Å². The lowest BCUT2D eigenvalue weighted by molar-refractivity contribution is -0.313. The van der Waals surface area contributed by atoms with Crippen molar-refractivity contribution < 1.29 is 121 Å². The van der Waals surface area contributed by atoms with Crippen LogP contribution in [0.25, 0.3) is 0 Å². The van der Waals surface area contributed by atoms with Gasteiger partial charge in [0.25, 0.3) is 0 Å². The van der Waals surface area contributed by atoms with Crippen LogP contribution in [0.1, 0.15) is 150 Å². The van der Waals surface area contributed by atoms with Gasteiger partial charge in [0.05, 0.1) is 74.9 Å². The van der Waals surface area contributed by atoms with Crippen molar-refractivity contribution in [3.05, 3.63) is 0 Å². The fraction of sp³-hybridized carbons (Fsp3) is 0.913. The summed E-state index contributed by atoms with van der Waals surface area (Å²) in [4.78, 5) is 83.4. The molecule has 6 amide bonds. The number of nitrogens with one attached hydrogen (secondary N) is 6. The third-order valence-electron chi connectivity index (χ3n) is 17.1. The molecule has 4 heterocycles. The van der Waals surface area contributed by atoms with E-state index in [4.69, 9.17) is 56.8 Å². The molecule has 37 heteroatoms. The molecular formula is C69H125N7O25S5. The van der Waals surface area contributed by atoms with Crippen LogP contribution in [0.2, 0.25) is 0 Å². The van der Waals surface area contributed by atoms with E-state index in [-0.39, 0.29) is 42.3 Å². The quantitative estimate of drug-likeness (QED) is 0.0243. The zero-order valence-corrected chi connectivity index (χ0v) is 69.1. The van der Waals surface area contributed by atoms with Crippen molar-refractivity contribution in [3.63, 3.8) is 0 Å². The summed E-state index contributed by atoms with van der Waals surface area (Å²) in [5, 5.41) is 97.4. The lowest BCUT2D eigenvalue weighted by atomic mass is 9.83. The molecule has 0 bridgehead atoms. The number of hydrogen-bond acceptors (Lipinski definition) is 31. The number of alkyl carbamates (subject to hydrolysis) is 5. The Hall–Kier alpha value is -3.03. The van der Waals surface area contributed by atoms with Crippen LogP contribution >= 0.6 is 56.9 Å². The largest absolute Gasteiger partial charge is 0.444 e. The maximum Gasteiger partial charge on any atom is 0.408 e. The van der Waals surface area contributed by atoms with Crippen LogP contribution < -0.4 is 31.9 Å². The van der Waals surface area contributed by atoms with Gasteiger partial charge in [-0.1, -0.05) is 41.9 Å².